The lowest BCUT2D eigenvalue weighted by Crippen LogP contribution is -2.37. The Bertz CT molecular complexity index is 1010. The van der Waals surface area contributed by atoms with Crippen LogP contribution < -0.4 is 5.32 Å². The first-order chi connectivity index (χ1) is 13.8. The molecule has 0 aliphatic rings. The van der Waals surface area contributed by atoms with E-state index in [1.807, 2.05) is 0 Å². The Morgan fingerprint density at radius 2 is 2.00 bits per heavy atom. The first-order valence-corrected chi connectivity index (χ1v) is 10.8. The number of alkyl carbamates (subject to hydrolysis) is 1. The van der Waals surface area contributed by atoms with Gasteiger partial charge in [-0.25, -0.2) is 23.2 Å². The van der Waals surface area contributed by atoms with Gasteiger partial charge in [-0.2, -0.15) is 13.5 Å². The molecule has 2 aromatic rings. The maximum absolute atomic E-state index is 13.2. The zero-order valence-electron chi connectivity index (χ0n) is 16.6. The highest BCUT2D eigenvalue weighted by atomic mass is 35.5. The summed E-state index contributed by atoms with van der Waals surface area (Å²) in [5.41, 5.74) is -0.415. The zero-order valence-corrected chi connectivity index (χ0v) is 18.2. The van der Waals surface area contributed by atoms with Crippen molar-refractivity contribution in [2.75, 3.05) is 12.9 Å². The Hall–Kier alpha value is -2.31. The second-order valence-electron chi connectivity index (χ2n) is 7.23. The molecule has 1 unspecified atom stereocenters. The van der Waals surface area contributed by atoms with Crippen molar-refractivity contribution in [1.29, 1.82) is 0 Å². The number of hydrogen-bond acceptors (Lipinski definition) is 7. The fourth-order valence-electron chi connectivity index (χ4n) is 2.36. The smallest absolute Gasteiger partial charge is 0.408 e. The summed E-state index contributed by atoms with van der Waals surface area (Å²) < 4.78 is 60.1. The molecular weight excluding hydrogens is 446 g/mol. The minimum Gasteiger partial charge on any atom is -0.444 e. The molecule has 9 nitrogen and oxygen atoms in total. The first-order valence-electron chi connectivity index (χ1n) is 8.58. The van der Waals surface area contributed by atoms with Crippen LogP contribution in [0.3, 0.4) is 0 Å². The maximum atomic E-state index is 13.2. The molecule has 0 fully saturated rings. The van der Waals surface area contributed by atoms with Crippen LogP contribution in [0.4, 0.5) is 13.6 Å². The van der Waals surface area contributed by atoms with E-state index in [2.05, 4.69) is 15.4 Å². The number of halogens is 3. The zero-order chi connectivity index (χ0) is 22.7. The SMILES string of the molecule is CC(C)(C)OC(=O)NC(COS(C)(=O)=O)c1ccc(Cl)c(-n2ncnc2C(F)F)c1. The quantitative estimate of drug-likeness (QED) is 0.622. The number of rotatable bonds is 7. The lowest BCUT2D eigenvalue weighted by molar-refractivity contribution is 0.0487. The van der Waals surface area contributed by atoms with E-state index in [1.165, 1.54) is 18.2 Å². The van der Waals surface area contributed by atoms with Gasteiger partial charge in [0.1, 0.15) is 11.9 Å². The molecule has 1 atom stereocenters. The summed E-state index contributed by atoms with van der Waals surface area (Å²) in [7, 11) is -3.82. The minimum atomic E-state index is -3.82. The third-order valence-electron chi connectivity index (χ3n) is 3.51. The van der Waals surface area contributed by atoms with E-state index in [4.69, 9.17) is 20.5 Å². The monoisotopic (exact) mass is 466 g/mol. The predicted molar refractivity (Wildman–Crippen MR) is 104 cm³/mol. The molecule has 0 saturated heterocycles. The fourth-order valence-corrected chi connectivity index (χ4v) is 2.94. The molecule has 13 heteroatoms. The Morgan fingerprint density at radius 3 is 2.57 bits per heavy atom. The summed E-state index contributed by atoms with van der Waals surface area (Å²) >= 11 is 6.14. The number of alkyl halides is 2. The van der Waals surface area contributed by atoms with Crippen LogP contribution in [-0.2, 0) is 19.0 Å². The van der Waals surface area contributed by atoms with Crippen LogP contribution in [0, 0.1) is 0 Å². The Kier molecular flexibility index (Phi) is 7.37. The molecule has 1 N–H and O–H groups in total. The lowest BCUT2D eigenvalue weighted by atomic mass is 10.1. The Morgan fingerprint density at radius 1 is 1.33 bits per heavy atom. The van der Waals surface area contributed by atoms with E-state index >= 15 is 0 Å². The number of ether oxygens (including phenoxy) is 1. The van der Waals surface area contributed by atoms with Gasteiger partial charge in [-0.05, 0) is 38.5 Å². The van der Waals surface area contributed by atoms with E-state index in [0.29, 0.717) is 5.56 Å². The second-order valence-corrected chi connectivity index (χ2v) is 9.28. The summed E-state index contributed by atoms with van der Waals surface area (Å²) in [6.45, 7) is 4.51. The molecule has 166 valence electrons. The number of benzene rings is 1. The lowest BCUT2D eigenvalue weighted by Gasteiger charge is -2.24. The van der Waals surface area contributed by atoms with E-state index in [1.54, 1.807) is 20.8 Å². The molecule has 1 amide bonds. The van der Waals surface area contributed by atoms with Gasteiger partial charge in [0.25, 0.3) is 16.5 Å². The largest absolute Gasteiger partial charge is 0.444 e. The van der Waals surface area contributed by atoms with Crippen LogP contribution in [0.1, 0.15) is 44.6 Å². The number of nitrogens with zero attached hydrogens (tertiary/aromatic N) is 3. The van der Waals surface area contributed by atoms with Crippen LogP contribution in [0.2, 0.25) is 5.02 Å². The van der Waals surface area contributed by atoms with Crippen molar-refractivity contribution in [3.8, 4) is 5.69 Å². The van der Waals surface area contributed by atoms with Gasteiger partial charge in [0.05, 0.1) is 29.6 Å². The first kappa shape index (κ1) is 24.0. The summed E-state index contributed by atoms with van der Waals surface area (Å²) in [5.74, 6) is -0.627. The number of carbonyl (C=O) groups is 1. The van der Waals surface area contributed by atoms with Crippen LogP contribution in [0.15, 0.2) is 24.5 Å². The van der Waals surface area contributed by atoms with Crippen LogP contribution in [0.25, 0.3) is 5.69 Å². The highest BCUT2D eigenvalue weighted by Crippen LogP contribution is 2.28. The molecule has 0 spiro atoms. The topological polar surface area (TPSA) is 112 Å². The molecule has 2 rings (SSSR count). The molecule has 30 heavy (non-hydrogen) atoms. The predicted octanol–water partition coefficient (Wildman–Crippen LogP) is 3.40. The highest BCUT2D eigenvalue weighted by Gasteiger charge is 2.24. The Labute approximate surface area is 177 Å². The van der Waals surface area contributed by atoms with Crippen molar-refractivity contribution < 1.29 is 30.9 Å². The molecule has 0 aliphatic heterocycles. The van der Waals surface area contributed by atoms with Crippen molar-refractivity contribution in [2.24, 2.45) is 0 Å². The summed E-state index contributed by atoms with van der Waals surface area (Å²) in [5, 5.41) is 6.36. The number of carbonyl (C=O) groups excluding carboxylic acids is 1. The normalized spacial score (nSPS) is 13.3. The van der Waals surface area contributed by atoms with Crippen LogP contribution >= 0.6 is 11.6 Å². The molecule has 1 aromatic heterocycles. The molecule has 1 aromatic carbocycles. The van der Waals surface area contributed by atoms with Crippen molar-refractivity contribution in [3.63, 3.8) is 0 Å². The Balaban J connectivity index is 2.42. The highest BCUT2D eigenvalue weighted by molar-refractivity contribution is 7.85. The summed E-state index contributed by atoms with van der Waals surface area (Å²) in [4.78, 5) is 15.7. The van der Waals surface area contributed by atoms with Crippen LogP contribution in [0.5, 0.6) is 0 Å². The number of hydrogen-bond donors (Lipinski definition) is 1. The van der Waals surface area contributed by atoms with E-state index in [0.717, 1.165) is 17.3 Å². The molecule has 0 aliphatic carbocycles. The van der Waals surface area contributed by atoms with Gasteiger partial charge in [0.2, 0.25) is 0 Å². The van der Waals surface area contributed by atoms with Gasteiger partial charge in [-0.1, -0.05) is 17.7 Å². The fraction of sp³-hybridized carbons (Fsp3) is 0.471. The van der Waals surface area contributed by atoms with E-state index in [9.17, 15) is 22.0 Å². The summed E-state index contributed by atoms with van der Waals surface area (Å²) in [6, 6.07) is 3.26. The molecule has 1 heterocycles. The van der Waals surface area contributed by atoms with Crippen molar-refractivity contribution in [1.82, 2.24) is 20.1 Å². The second kappa shape index (κ2) is 9.23. The van der Waals surface area contributed by atoms with Crippen molar-refractivity contribution in [2.45, 2.75) is 38.8 Å². The maximum Gasteiger partial charge on any atom is 0.408 e. The van der Waals surface area contributed by atoms with Gasteiger partial charge >= 0.3 is 6.09 Å². The van der Waals surface area contributed by atoms with Crippen LogP contribution in [-0.4, -0.2) is 47.7 Å². The van der Waals surface area contributed by atoms with Gasteiger partial charge < -0.3 is 10.1 Å². The third-order valence-corrected chi connectivity index (χ3v) is 4.39. The molecule has 0 bridgehead atoms. The minimum absolute atomic E-state index is 0.0670. The molecular formula is C17H21ClF2N4O5S. The van der Waals surface area contributed by atoms with Gasteiger partial charge in [-0.15, -0.1) is 0 Å². The molecule has 0 radical (unpaired) electrons. The number of nitrogens with one attached hydrogen (secondary N) is 1. The van der Waals surface area contributed by atoms with Gasteiger partial charge in [-0.3, -0.25) is 4.18 Å². The van der Waals surface area contributed by atoms with E-state index in [-0.39, 0.29) is 10.7 Å². The average molecular weight is 467 g/mol. The number of amides is 1. The number of aromatic nitrogens is 3. The average Bonchev–Trinajstić information content (AvgIpc) is 3.06. The standard InChI is InChI=1S/C17H21ClF2N4O5S/c1-17(2,3)29-16(25)23-12(8-28-30(4,26)27)10-5-6-11(18)13(7-10)24-15(14(19)20)21-9-22-24/h5-7,9,12,14H,8H2,1-4H3,(H,23,25). The van der Waals surface area contributed by atoms with Gasteiger partial charge in [0, 0.05) is 0 Å². The van der Waals surface area contributed by atoms with E-state index < -0.39 is 46.7 Å². The third kappa shape index (κ3) is 6.89. The molecule has 0 saturated carbocycles. The van der Waals surface area contributed by atoms with Crippen molar-refractivity contribution in [3.05, 3.63) is 40.9 Å². The van der Waals surface area contributed by atoms with Gasteiger partial charge in [0.15, 0.2) is 5.82 Å². The van der Waals surface area contributed by atoms with Crippen molar-refractivity contribution >= 4 is 27.8 Å². The summed E-state index contributed by atoms with van der Waals surface area (Å²) in [6.07, 6.45) is -1.92.